The molecule has 0 spiro atoms. The van der Waals surface area contributed by atoms with Crippen molar-refractivity contribution in [3.05, 3.63) is 70.1 Å². The number of hydrogen-bond donors (Lipinski definition) is 2. The van der Waals surface area contributed by atoms with Crippen molar-refractivity contribution in [3.63, 3.8) is 0 Å². The molecule has 4 rings (SSSR count). The minimum absolute atomic E-state index is 0.0508. The zero-order chi connectivity index (χ0) is 18.5. The highest BCUT2D eigenvalue weighted by atomic mass is 16.3. The molecule has 2 aromatic carbocycles. The lowest BCUT2D eigenvalue weighted by atomic mass is 10.1. The van der Waals surface area contributed by atoms with Crippen LogP contribution in [-0.2, 0) is 0 Å². The van der Waals surface area contributed by atoms with Gasteiger partial charge in [-0.15, -0.1) is 0 Å². The Morgan fingerprint density at radius 1 is 1.15 bits per heavy atom. The zero-order valence-corrected chi connectivity index (χ0v) is 14.7. The minimum Gasteiger partial charge on any atom is -0.508 e. The van der Waals surface area contributed by atoms with Crippen LogP contribution >= 0.6 is 0 Å². The molecule has 0 bridgehead atoms. The number of carbonyl (C=O) groups excluding carboxylic acids is 1. The SMILES string of the molecule is Cc1ccc(C(=O)NC2(C)CC2)cc1-n1ccc2ccc(O)cc2c1=O. The number of nitrogens with one attached hydrogen (secondary N) is 1. The average molecular weight is 348 g/mol. The highest BCUT2D eigenvalue weighted by molar-refractivity contribution is 5.95. The number of aromatic hydroxyl groups is 1. The quantitative estimate of drug-likeness (QED) is 0.763. The van der Waals surface area contributed by atoms with E-state index in [1.807, 2.05) is 26.0 Å². The van der Waals surface area contributed by atoms with Crippen molar-refractivity contribution in [3.8, 4) is 11.4 Å². The maximum atomic E-state index is 12.9. The van der Waals surface area contributed by atoms with Gasteiger partial charge in [0.15, 0.2) is 0 Å². The molecule has 1 aliphatic rings. The summed E-state index contributed by atoms with van der Waals surface area (Å²) in [5, 5.41) is 13.9. The summed E-state index contributed by atoms with van der Waals surface area (Å²) >= 11 is 0. The second-order valence-electron chi connectivity index (χ2n) is 7.28. The first-order chi connectivity index (χ1) is 12.4. The van der Waals surface area contributed by atoms with Gasteiger partial charge in [0, 0.05) is 17.3 Å². The standard InChI is InChI=1S/C21H20N2O3/c1-13-3-4-15(19(25)22-21(2)8-9-21)11-18(13)23-10-7-14-5-6-16(24)12-17(14)20(23)26/h3-7,10-12,24H,8-9H2,1-2H3,(H,22,25). The second kappa shape index (κ2) is 5.73. The molecule has 132 valence electrons. The number of phenols is 1. The van der Waals surface area contributed by atoms with E-state index in [9.17, 15) is 14.7 Å². The summed E-state index contributed by atoms with van der Waals surface area (Å²) in [7, 11) is 0. The van der Waals surface area contributed by atoms with E-state index < -0.39 is 0 Å². The first-order valence-electron chi connectivity index (χ1n) is 8.64. The van der Waals surface area contributed by atoms with Gasteiger partial charge in [-0.05, 0) is 68.0 Å². The second-order valence-corrected chi connectivity index (χ2v) is 7.28. The van der Waals surface area contributed by atoms with Gasteiger partial charge in [-0.2, -0.15) is 0 Å². The molecule has 0 radical (unpaired) electrons. The van der Waals surface area contributed by atoms with Gasteiger partial charge in [0.2, 0.25) is 0 Å². The van der Waals surface area contributed by atoms with Crippen molar-refractivity contribution in [2.45, 2.75) is 32.2 Å². The number of pyridine rings is 1. The third-order valence-corrected chi connectivity index (χ3v) is 5.04. The molecular formula is C21H20N2O3. The van der Waals surface area contributed by atoms with Crippen LogP contribution in [0.4, 0.5) is 0 Å². The summed E-state index contributed by atoms with van der Waals surface area (Å²) < 4.78 is 1.52. The Balaban J connectivity index is 1.81. The van der Waals surface area contributed by atoms with E-state index in [1.165, 1.54) is 10.6 Å². The van der Waals surface area contributed by atoms with E-state index in [2.05, 4.69) is 5.32 Å². The summed E-state index contributed by atoms with van der Waals surface area (Å²) in [6.45, 7) is 3.93. The van der Waals surface area contributed by atoms with Crippen molar-refractivity contribution in [2.75, 3.05) is 0 Å². The van der Waals surface area contributed by atoms with Gasteiger partial charge < -0.3 is 10.4 Å². The number of rotatable bonds is 3. The van der Waals surface area contributed by atoms with Gasteiger partial charge in [-0.1, -0.05) is 12.1 Å². The Kier molecular flexibility index (Phi) is 3.61. The number of phenolic OH excluding ortho intramolecular Hbond substituents is 1. The lowest BCUT2D eigenvalue weighted by Crippen LogP contribution is -2.34. The number of carbonyl (C=O) groups is 1. The summed E-state index contributed by atoms with van der Waals surface area (Å²) in [6.07, 6.45) is 3.68. The van der Waals surface area contributed by atoms with Crippen molar-refractivity contribution in [1.82, 2.24) is 9.88 Å². The predicted molar refractivity (Wildman–Crippen MR) is 101 cm³/mol. The average Bonchev–Trinajstić information content (AvgIpc) is 3.33. The first-order valence-corrected chi connectivity index (χ1v) is 8.64. The Morgan fingerprint density at radius 2 is 1.92 bits per heavy atom. The molecule has 2 N–H and O–H groups in total. The number of amides is 1. The fourth-order valence-corrected chi connectivity index (χ4v) is 3.09. The largest absolute Gasteiger partial charge is 0.508 e. The molecule has 1 saturated carbocycles. The van der Waals surface area contributed by atoms with Gasteiger partial charge in [0.1, 0.15) is 5.75 Å². The van der Waals surface area contributed by atoms with Crippen LogP contribution in [0.3, 0.4) is 0 Å². The van der Waals surface area contributed by atoms with E-state index >= 15 is 0 Å². The van der Waals surface area contributed by atoms with Gasteiger partial charge in [-0.3, -0.25) is 14.2 Å². The van der Waals surface area contributed by atoms with Gasteiger partial charge in [0.25, 0.3) is 11.5 Å². The van der Waals surface area contributed by atoms with Crippen molar-refractivity contribution >= 4 is 16.7 Å². The Hall–Kier alpha value is -3.08. The van der Waals surface area contributed by atoms with Crippen LogP contribution in [0.1, 0.15) is 35.7 Å². The van der Waals surface area contributed by atoms with E-state index in [4.69, 9.17) is 0 Å². The summed E-state index contributed by atoms with van der Waals surface area (Å²) in [6, 6.07) is 11.9. The van der Waals surface area contributed by atoms with Gasteiger partial charge >= 0.3 is 0 Å². The lowest BCUT2D eigenvalue weighted by Gasteiger charge is -2.15. The van der Waals surface area contributed by atoms with E-state index in [-0.39, 0.29) is 22.8 Å². The number of hydrogen-bond acceptors (Lipinski definition) is 3. The number of aryl methyl sites for hydroxylation is 1. The highest BCUT2D eigenvalue weighted by Gasteiger charge is 2.38. The van der Waals surface area contributed by atoms with Crippen LogP contribution in [-0.4, -0.2) is 21.1 Å². The van der Waals surface area contributed by atoms with Crippen LogP contribution in [0.25, 0.3) is 16.5 Å². The van der Waals surface area contributed by atoms with Gasteiger partial charge in [0.05, 0.1) is 11.1 Å². The maximum absolute atomic E-state index is 12.9. The number of aromatic nitrogens is 1. The van der Waals surface area contributed by atoms with Crippen LogP contribution in [0.2, 0.25) is 0 Å². The molecule has 3 aromatic rings. The Bertz CT molecular complexity index is 1090. The molecule has 5 nitrogen and oxygen atoms in total. The summed E-state index contributed by atoms with van der Waals surface area (Å²) in [5.41, 5.74) is 1.75. The normalized spacial score (nSPS) is 15.0. The number of benzene rings is 2. The van der Waals surface area contributed by atoms with Crippen LogP contribution in [0.5, 0.6) is 5.75 Å². The van der Waals surface area contributed by atoms with E-state index in [0.717, 1.165) is 23.8 Å². The molecule has 0 unspecified atom stereocenters. The van der Waals surface area contributed by atoms with E-state index in [0.29, 0.717) is 16.6 Å². The topological polar surface area (TPSA) is 71.3 Å². The van der Waals surface area contributed by atoms with Crippen LogP contribution < -0.4 is 10.9 Å². The van der Waals surface area contributed by atoms with Crippen molar-refractivity contribution in [1.29, 1.82) is 0 Å². The highest BCUT2D eigenvalue weighted by Crippen LogP contribution is 2.34. The third kappa shape index (κ3) is 2.86. The smallest absolute Gasteiger partial charge is 0.263 e. The van der Waals surface area contributed by atoms with Crippen LogP contribution in [0.15, 0.2) is 53.5 Å². The fraction of sp³-hybridized carbons (Fsp3) is 0.238. The molecule has 0 atom stereocenters. The molecule has 1 aromatic heterocycles. The zero-order valence-electron chi connectivity index (χ0n) is 14.7. The third-order valence-electron chi connectivity index (χ3n) is 5.04. The maximum Gasteiger partial charge on any atom is 0.263 e. The molecule has 1 heterocycles. The molecule has 0 aliphatic heterocycles. The molecule has 1 fully saturated rings. The van der Waals surface area contributed by atoms with Crippen molar-refractivity contribution in [2.24, 2.45) is 0 Å². The lowest BCUT2D eigenvalue weighted by molar-refractivity contribution is 0.0935. The summed E-state index contributed by atoms with van der Waals surface area (Å²) in [5.74, 6) is -0.0763. The number of nitrogens with zero attached hydrogens (tertiary/aromatic N) is 1. The molecule has 1 amide bonds. The predicted octanol–water partition coefficient (Wildman–Crippen LogP) is 3.29. The fourth-order valence-electron chi connectivity index (χ4n) is 3.09. The van der Waals surface area contributed by atoms with E-state index in [1.54, 1.807) is 30.5 Å². The Labute approximate surface area is 150 Å². The molecule has 0 saturated heterocycles. The minimum atomic E-state index is -0.229. The Morgan fingerprint density at radius 3 is 2.65 bits per heavy atom. The molecular weight excluding hydrogens is 328 g/mol. The molecule has 1 aliphatic carbocycles. The van der Waals surface area contributed by atoms with Crippen molar-refractivity contribution < 1.29 is 9.90 Å². The van der Waals surface area contributed by atoms with Gasteiger partial charge in [-0.25, -0.2) is 0 Å². The van der Waals surface area contributed by atoms with Crippen LogP contribution in [0, 0.1) is 6.92 Å². The monoisotopic (exact) mass is 348 g/mol. The molecule has 5 heteroatoms. The molecule has 26 heavy (non-hydrogen) atoms. The number of fused-ring (bicyclic) bond motifs is 1. The first kappa shape index (κ1) is 16.4. The summed E-state index contributed by atoms with van der Waals surface area (Å²) in [4.78, 5) is 25.4.